The standard InChI is InChI=1S/C15H11N5O3S2/c1-8-5-11(21)18-14(16-8)24-7-9-6-12(22)20-15(17-9)25-13(19-20)10-3-2-4-23-10/h2-6H,7H2,1H3,(H,16,18,21). The number of rotatable bonds is 4. The van der Waals surface area contributed by atoms with E-state index in [-0.39, 0.29) is 11.1 Å². The van der Waals surface area contributed by atoms with E-state index in [2.05, 4.69) is 20.1 Å². The van der Waals surface area contributed by atoms with Gasteiger partial charge in [-0.05, 0) is 19.1 Å². The minimum atomic E-state index is -0.264. The van der Waals surface area contributed by atoms with Crippen molar-refractivity contribution < 1.29 is 4.42 Å². The van der Waals surface area contributed by atoms with Gasteiger partial charge in [0.15, 0.2) is 15.9 Å². The van der Waals surface area contributed by atoms with E-state index >= 15 is 0 Å². The number of furan rings is 1. The normalized spacial score (nSPS) is 11.2. The predicted molar refractivity (Wildman–Crippen MR) is 94.0 cm³/mol. The Bertz CT molecular complexity index is 1160. The van der Waals surface area contributed by atoms with E-state index in [0.717, 1.165) is 0 Å². The Morgan fingerprint density at radius 3 is 2.96 bits per heavy atom. The van der Waals surface area contributed by atoms with Crippen LogP contribution < -0.4 is 11.1 Å². The van der Waals surface area contributed by atoms with Gasteiger partial charge in [-0.15, -0.1) is 5.10 Å². The number of aromatic nitrogens is 5. The summed E-state index contributed by atoms with van der Waals surface area (Å²) in [4.78, 5) is 35.6. The molecule has 8 nitrogen and oxygen atoms in total. The van der Waals surface area contributed by atoms with Crippen molar-refractivity contribution in [3.63, 3.8) is 0 Å². The summed E-state index contributed by atoms with van der Waals surface area (Å²) in [5.74, 6) is 0.999. The number of H-pyrrole nitrogens is 1. The van der Waals surface area contributed by atoms with Crippen LogP contribution in [0.15, 0.2) is 49.7 Å². The molecule has 0 saturated carbocycles. The Balaban J connectivity index is 1.64. The molecule has 126 valence electrons. The number of fused-ring (bicyclic) bond motifs is 1. The van der Waals surface area contributed by atoms with Gasteiger partial charge in [0.05, 0.1) is 12.0 Å². The monoisotopic (exact) mass is 373 g/mol. The fourth-order valence-electron chi connectivity index (χ4n) is 2.19. The molecule has 0 aliphatic rings. The van der Waals surface area contributed by atoms with Gasteiger partial charge in [0.2, 0.25) is 4.96 Å². The van der Waals surface area contributed by atoms with Crippen LogP contribution in [0.3, 0.4) is 0 Å². The molecule has 4 aromatic rings. The summed E-state index contributed by atoms with van der Waals surface area (Å²) in [7, 11) is 0. The molecule has 4 heterocycles. The SMILES string of the molecule is Cc1cc(=O)[nH]c(SCc2cc(=O)n3nc(-c4ccco4)sc3n2)n1. The third-order valence-corrected chi connectivity index (χ3v) is 5.06. The van der Waals surface area contributed by atoms with Crippen molar-refractivity contribution in [2.24, 2.45) is 0 Å². The molecule has 10 heteroatoms. The maximum Gasteiger partial charge on any atom is 0.275 e. The van der Waals surface area contributed by atoms with E-state index in [9.17, 15) is 9.59 Å². The van der Waals surface area contributed by atoms with Gasteiger partial charge in [0.1, 0.15) is 0 Å². The Morgan fingerprint density at radius 1 is 1.32 bits per heavy atom. The molecule has 0 radical (unpaired) electrons. The first kappa shape index (κ1) is 15.8. The van der Waals surface area contributed by atoms with Gasteiger partial charge in [-0.1, -0.05) is 23.1 Å². The topological polar surface area (TPSA) is 106 Å². The molecule has 25 heavy (non-hydrogen) atoms. The quantitative estimate of drug-likeness (QED) is 0.431. The van der Waals surface area contributed by atoms with Crippen LogP contribution in [0.25, 0.3) is 15.7 Å². The lowest BCUT2D eigenvalue weighted by molar-refractivity contribution is 0.580. The molecule has 0 amide bonds. The molecular formula is C15H11N5O3S2. The largest absolute Gasteiger partial charge is 0.462 e. The van der Waals surface area contributed by atoms with Crippen LogP contribution in [0.2, 0.25) is 0 Å². The molecule has 0 aliphatic carbocycles. The van der Waals surface area contributed by atoms with E-state index in [0.29, 0.717) is 38.0 Å². The van der Waals surface area contributed by atoms with Crippen LogP contribution in [0, 0.1) is 6.92 Å². The summed E-state index contributed by atoms with van der Waals surface area (Å²) in [5, 5.41) is 5.32. The van der Waals surface area contributed by atoms with Crippen LogP contribution in [-0.4, -0.2) is 24.6 Å². The van der Waals surface area contributed by atoms with E-state index in [1.54, 1.807) is 25.3 Å². The maximum absolute atomic E-state index is 12.3. The Labute approximate surface area is 148 Å². The van der Waals surface area contributed by atoms with Crippen LogP contribution >= 0.6 is 23.1 Å². The average molecular weight is 373 g/mol. The van der Waals surface area contributed by atoms with Gasteiger partial charge >= 0.3 is 0 Å². The minimum absolute atomic E-state index is 0.205. The lowest BCUT2D eigenvalue weighted by atomic mass is 10.4. The highest BCUT2D eigenvalue weighted by Gasteiger charge is 2.12. The van der Waals surface area contributed by atoms with Gasteiger partial charge in [0, 0.05) is 23.6 Å². The number of aromatic amines is 1. The van der Waals surface area contributed by atoms with Gasteiger partial charge in [-0.25, -0.2) is 9.97 Å². The number of hydrogen-bond donors (Lipinski definition) is 1. The molecule has 1 N–H and O–H groups in total. The van der Waals surface area contributed by atoms with Crippen molar-refractivity contribution in [1.82, 2.24) is 24.6 Å². The van der Waals surface area contributed by atoms with Gasteiger partial charge in [0.25, 0.3) is 11.1 Å². The summed E-state index contributed by atoms with van der Waals surface area (Å²) in [5.41, 5.74) is 0.762. The summed E-state index contributed by atoms with van der Waals surface area (Å²) in [6, 6.07) is 6.39. The highest BCUT2D eigenvalue weighted by atomic mass is 32.2. The fraction of sp³-hybridized carbons (Fsp3) is 0.133. The number of hydrogen-bond acceptors (Lipinski definition) is 8. The molecular weight excluding hydrogens is 362 g/mol. The second kappa shape index (κ2) is 6.30. The lowest BCUT2D eigenvalue weighted by Gasteiger charge is -2.01. The molecule has 0 aliphatic heterocycles. The molecule has 0 fully saturated rings. The number of nitrogens with zero attached hydrogens (tertiary/aromatic N) is 4. The van der Waals surface area contributed by atoms with E-state index in [4.69, 9.17) is 4.42 Å². The predicted octanol–water partition coefficient (Wildman–Crippen LogP) is 2.10. The van der Waals surface area contributed by atoms with Crippen molar-refractivity contribution in [1.29, 1.82) is 0 Å². The zero-order valence-corrected chi connectivity index (χ0v) is 14.6. The molecule has 4 rings (SSSR count). The number of thioether (sulfide) groups is 1. The molecule has 0 bridgehead atoms. The highest BCUT2D eigenvalue weighted by Crippen LogP contribution is 2.25. The fourth-order valence-corrected chi connectivity index (χ4v) is 3.90. The molecule has 0 unspecified atom stereocenters. The molecule has 0 aromatic carbocycles. The third-order valence-electron chi connectivity index (χ3n) is 3.23. The van der Waals surface area contributed by atoms with Crippen molar-refractivity contribution in [3.8, 4) is 10.8 Å². The zero-order chi connectivity index (χ0) is 17.4. The first-order valence-electron chi connectivity index (χ1n) is 7.23. The Kier molecular flexibility index (Phi) is 3.98. The summed E-state index contributed by atoms with van der Waals surface area (Å²) in [6.45, 7) is 1.75. The third kappa shape index (κ3) is 3.26. The number of aryl methyl sites for hydroxylation is 1. The Hall–Kier alpha value is -2.72. The Morgan fingerprint density at radius 2 is 2.20 bits per heavy atom. The van der Waals surface area contributed by atoms with E-state index < -0.39 is 0 Å². The average Bonchev–Trinajstić information content (AvgIpc) is 3.21. The van der Waals surface area contributed by atoms with Gasteiger partial charge < -0.3 is 9.40 Å². The second-order valence-electron chi connectivity index (χ2n) is 5.15. The van der Waals surface area contributed by atoms with Crippen molar-refractivity contribution in [3.05, 3.63) is 62.6 Å². The lowest BCUT2D eigenvalue weighted by Crippen LogP contribution is -2.15. The van der Waals surface area contributed by atoms with E-state index in [1.807, 2.05) is 0 Å². The summed E-state index contributed by atoms with van der Waals surface area (Å²) < 4.78 is 6.56. The zero-order valence-electron chi connectivity index (χ0n) is 12.9. The summed E-state index contributed by atoms with van der Waals surface area (Å²) in [6.07, 6.45) is 1.55. The second-order valence-corrected chi connectivity index (χ2v) is 7.07. The minimum Gasteiger partial charge on any atom is -0.462 e. The first-order chi connectivity index (χ1) is 12.1. The van der Waals surface area contributed by atoms with Crippen LogP contribution in [0.4, 0.5) is 0 Å². The smallest absolute Gasteiger partial charge is 0.275 e. The highest BCUT2D eigenvalue weighted by molar-refractivity contribution is 7.98. The summed E-state index contributed by atoms with van der Waals surface area (Å²) >= 11 is 2.59. The van der Waals surface area contributed by atoms with Crippen molar-refractivity contribution in [2.75, 3.05) is 0 Å². The van der Waals surface area contributed by atoms with Crippen molar-refractivity contribution in [2.45, 2.75) is 17.8 Å². The van der Waals surface area contributed by atoms with Crippen LogP contribution in [-0.2, 0) is 5.75 Å². The van der Waals surface area contributed by atoms with Crippen molar-refractivity contribution >= 4 is 28.1 Å². The van der Waals surface area contributed by atoms with Gasteiger partial charge in [-0.3, -0.25) is 9.59 Å². The van der Waals surface area contributed by atoms with Gasteiger partial charge in [-0.2, -0.15) is 4.52 Å². The maximum atomic E-state index is 12.3. The molecule has 4 aromatic heterocycles. The first-order valence-corrected chi connectivity index (χ1v) is 9.03. The molecule has 0 atom stereocenters. The van der Waals surface area contributed by atoms with Crippen LogP contribution in [0.5, 0.6) is 0 Å². The molecule has 0 saturated heterocycles. The van der Waals surface area contributed by atoms with E-state index in [1.165, 1.54) is 39.7 Å². The van der Waals surface area contributed by atoms with Crippen LogP contribution in [0.1, 0.15) is 11.4 Å². The number of nitrogens with one attached hydrogen (secondary N) is 1. The molecule has 0 spiro atoms.